The van der Waals surface area contributed by atoms with E-state index in [-0.39, 0.29) is 17.6 Å². The van der Waals surface area contributed by atoms with Gasteiger partial charge in [0.1, 0.15) is 0 Å². The topological polar surface area (TPSA) is 107 Å². The van der Waals surface area contributed by atoms with Crippen LogP contribution in [-0.4, -0.2) is 43.5 Å². The molecule has 4 aromatic rings. The number of carbonyl (C=O) groups excluding carboxylic acids is 1. The average Bonchev–Trinajstić information content (AvgIpc) is 3.26. The molecule has 9 nitrogen and oxygen atoms in total. The lowest BCUT2D eigenvalue weighted by Crippen LogP contribution is -2.31. The number of methoxy groups -OCH3 is 1. The first-order chi connectivity index (χ1) is 15.2. The van der Waals surface area contributed by atoms with Gasteiger partial charge in [0.25, 0.3) is 0 Å². The van der Waals surface area contributed by atoms with Crippen molar-refractivity contribution in [2.75, 3.05) is 18.3 Å². The lowest BCUT2D eigenvalue weighted by Gasteiger charge is -2.10. The monoisotopic (exact) mass is 433 g/mol. The Labute approximate surface area is 182 Å². The van der Waals surface area contributed by atoms with Crippen LogP contribution in [0.1, 0.15) is 0 Å². The van der Waals surface area contributed by atoms with Crippen molar-refractivity contribution in [1.29, 1.82) is 0 Å². The minimum atomic E-state index is -0.264. The van der Waals surface area contributed by atoms with Crippen molar-refractivity contribution >= 4 is 23.6 Å². The molecule has 0 bridgehead atoms. The minimum Gasteiger partial charge on any atom is -0.481 e. The number of ether oxygens (including phenoxy) is 1. The van der Waals surface area contributed by atoms with Gasteiger partial charge in [-0.15, -0.1) is 10.2 Å². The molecular formula is C21H19N7O2S. The summed E-state index contributed by atoms with van der Waals surface area (Å²) in [5, 5.41) is 9.29. The normalized spacial score (nSPS) is 10.5. The molecule has 10 heteroatoms. The number of aromatic nitrogens is 5. The minimum absolute atomic E-state index is 0.122. The summed E-state index contributed by atoms with van der Waals surface area (Å²) in [5.41, 5.74) is 7.10. The Morgan fingerprint density at radius 2 is 1.77 bits per heavy atom. The highest BCUT2D eigenvalue weighted by atomic mass is 32.2. The Hall–Kier alpha value is -3.92. The Balaban J connectivity index is 1.48. The van der Waals surface area contributed by atoms with E-state index in [0.29, 0.717) is 16.9 Å². The van der Waals surface area contributed by atoms with E-state index in [1.54, 1.807) is 6.07 Å². The molecule has 156 valence electrons. The number of nitrogens with one attached hydrogen (secondary N) is 2. The van der Waals surface area contributed by atoms with E-state index in [9.17, 15) is 4.79 Å². The lowest BCUT2D eigenvalue weighted by molar-refractivity contribution is -0.118. The summed E-state index contributed by atoms with van der Waals surface area (Å²) in [6.07, 6.45) is 1.53. The molecule has 4 rings (SSSR count). The van der Waals surface area contributed by atoms with Crippen molar-refractivity contribution in [3.63, 3.8) is 0 Å². The molecule has 0 saturated heterocycles. The van der Waals surface area contributed by atoms with Crippen LogP contribution in [0.5, 0.6) is 5.88 Å². The maximum atomic E-state index is 12.3. The molecule has 0 fully saturated rings. The fourth-order valence-corrected chi connectivity index (χ4v) is 3.51. The number of thioether (sulfide) groups is 1. The van der Waals surface area contributed by atoms with E-state index in [1.807, 2.05) is 65.2 Å². The molecule has 2 aromatic heterocycles. The smallest absolute Gasteiger partial charge is 0.248 e. The fourth-order valence-electron chi connectivity index (χ4n) is 2.76. The maximum Gasteiger partial charge on any atom is 0.248 e. The van der Waals surface area contributed by atoms with Gasteiger partial charge < -0.3 is 4.74 Å². The van der Waals surface area contributed by atoms with Crippen LogP contribution in [0.3, 0.4) is 0 Å². The molecule has 2 N–H and O–H groups in total. The first kappa shape index (κ1) is 20.4. The second-order valence-electron chi connectivity index (χ2n) is 6.23. The highest BCUT2D eigenvalue weighted by Gasteiger charge is 2.17. The SMILES string of the molecule is COc1ccnc(NNC(=O)CSc2nnc(-c3ccccc3)n2-c2ccccc2)n1. The molecule has 0 spiro atoms. The molecule has 1 amide bonds. The molecule has 0 unspecified atom stereocenters. The summed E-state index contributed by atoms with van der Waals surface area (Å²) < 4.78 is 6.97. The number of hydrazine groups is 1. The van der Waals surface area contributed by atoms with E-state index in [0.717, 1.165) is 11.3 Å². The number of carbonyl (C=O) groups is 1. The van der Waals surface area contributed by atoms with E-state index in [1.165, 1.54) is 25.1 Å². The molecule has 0 atom stereocenters. The summed E-state index contributed by atoms with van der Waals surface area (Å²) in [6.45, 7) is 0. The fraction of sp³-hybridized carbons (Fsp3) is 0.0952. The number of hydrogen-bond acceptors (Lipinski definition) is 8. The van der Waals surface area contributed by atoms with Crippen LogP contribution in [0, 0.1) is 0 Å². The van der Waals surface area contributed by atoms with Crippen molar-refractivity contribution in [2.45, 2.75) is 5.16 Å². The van der Waals surface area contributed by atoms with E-state index >= 15 is 0 Å². The third kappa shape index (κ3) is 4.98. The number of nitrogens with zero attached hydrogens (tertiary/aromatic N) is 5. The Morgan fingerprint density at radius 3 is 2.52 bits per heavy atom. The molecule has 0 saturated carbocycles. The van der Waals surface area contributed by atoms with Crippen LogP contribution in [0.15, 0.2) is 78.1 Å². The van der Waals surface area contributed by atoms with Crippen molar-refractivity contribution in [2.24, 2.45) is 0 Å². The Morgan fingerprint density at radius 1 is 1.03 bits per heavy atom. The molecule has 2 heterocycles. The van der Waals surface area contributed by atoms with Gasteiger partial charge in [0.2, 0.25) is 17.7 Å². The first-order valence-electron chi connectivity index (χ1n) is 9.35. The third-order valence-corrected chi connectivity index (χ3v) is 5.09. The number of hydrogen-bond donors (Lipinski definition) is 2. The van der Waals surface area contributed by atoms with Gasteiger partial charge in [0.15, 0.2) is 11.0 Å². The predicted octanol–water partition coefficient (Wildman–Crippen LogP) is 2.97. The number of para-hydroxylation sites is 1. The number of rotatable bonds is 8. The van der Waals surface area contributed by atoms with E-state index < -0.39 is 0 Å². The molecule has 0 radical (unpaired) electrons. The second kappa shape index (κ2) is 9.72. The molecule has 0 aliphatic heterocycles. The predicted molar refractivity (Wildman–Crippen MR) is 118 cm³/mol. The first-order valence-corrected chi connectivity index (χ1v) is 10.3. The zero-order chi connectivity index (χ0) is 21.5. The van der Waals surface area contributed by atoms with Crippen LogP contribution >= 0.6 is 11.8 Å². The summed E-state index contributed by atoms with van der Waals surface area (Å²) in [7, 11) is 1.51. The zero-order valence-electron chi connectivity index (χ0n) is 16.6. The third-order valence-electron chi connectivity index (χ3n) is 4.16. The van der Waals surface area contributed by atoms with Crippen LogP contribution in [0.4, 0.5) is 5.95 Å². The van der Waals surface area contributed by atoms with Crippen LogP contribution < -0.4 is 15.6 Å². The van der Waals surface area contributed by atoms with Gasteiger partial charge in [0.05, 0.1) is 12.9 Å². The standard InChI is InChI=1S/C21H19N7O2S/c1-30-18-12-13-22-20(23-18)26-24-17(29)14-31-21-27-25-19(15-8-4-2-5-9-15)28(21)16-10-6-3-7-11-16/h2-13H,14H2,1H3,(H,24,29)(H,22,23,26). The largest absolute Gasteiger partial charge is 0.481 e. The Kier molecular flexibility index (Phi) is 6.38. The van der Waals surface area contributed by atoms with E-state index in [2.05, 4.69) is 31.0 Å². The van der Waals surface area contributed by atoms with Crippen molar-refractivity contribution in [3.8, 4) is 23.0 Å². The van der Waals surface area contributed by atoms with Gasteiger partial charge in [-0.2, -0.15) is 4.98 Å². The highest BCUT2D eigenvalue weighted by Crippen LogP contribution is 2.27. The average molecular weight is 433 g/mol. The summed E-state index contributed by atoms with van der Waals surface area (Å²) >= 11 is 1.28. The lowest BCUT2D eigenvalue weighted by atomic mass is 10.2. The van der Waals surface area contributed by atoms with E-state index in [4.69, 9.17) is 4.74 Å². The molecule has 0 aliphatic rings. The number of amides is 1. The van der Waals surface area contributed by atoms with Crippen molar-refractivity contribution in [1.82, 2.24) is 30.2 Å². The summed E-state index contributed by atoms with van der Waals surface area (Å²) in [6, 6.07) is 21.2. The quantitative estimate of drug-likeness (QED) is 0.323. The van der Waals surface area contributed by atoms with Crippen LogP contribution in [0.25, 0.3) is 17.1 Å². The van der Waals surface area contributed by atoms with Gasteiger partial charge in [0, 0.05) is 23.5 Å². The molecule has 0 aliphatic carbocycles. The molecule has 31 heavy (non-hydrogen) atoms. The van der Waals surface area contributed by atoms with Gasteiger partial charge in [-0.25, -0.2) is 4.98 Å². The van der Waals surface area contributed by atoms with Gasteiger partial charge in [-0.05, 0) is 12.1 Å². The highest BCUT2D eigenvalue weighted by molar-refractivity contribution is 7.99. The second-order valence-corrected chi connectivity index (χ2v) is 7.17. The van der Waals surface area contributed by atoms with Crippen molar-refractivity contribution in [3.05, 3.63) is 72.9 Å². The van der Waals surface area contributed by atoms with Crippen LogP contribution in [0.2, 0.25) is 0 Å². The number of benzene rings is 2. The summed E-state index contributed by atoms with van der Waals surface area (Å²) in [5.74, 6) is 1.19. The Bertz CT molecular complexity index is 1150. The molecular weight excluding hydrogens is 414 g/mol. The summed E-state index contributed by atoms with van der Waals surface area (Å²) in [4.78, 5) is 20.4. The zero-order valence-corrected chi connectivity index (χ0v) is 17.4. The molecule has 2 aromatic carbocycles. The van der Waals surface area contributed by atoms with Crippen molar-refractivity contribution < 1.29 is 9.53 Å². The maximum absolute atomic E-state index is 12.3. The van der Waals surface area contributed by atoms with Crippen LogP contribution in [-0.2, 0) is 4.79 Å². The number of anilines is 1. The van der Waals surface area contributed by atoms with Gasteiger partial charge in [-0.3, -0.25) is 20.2 Å². The van der Waals surface area contributed by atoms with Gasteiger partial charge in [-0.1, -0.05) is 60.3 Å². The van der Waals surface area contributed by atoms with Gasteiger partial charge >= 0.3 is 0 Å².